The van der Waals surface area contributed by atoms with Gasteiger partial charge >= 0.3 is 0 Å². The van der Waals surface area contributed by atoms with Gasteiger partial charge in [0.1, 0.15) is 6.61 Å². The smallest absolute Gasteiger partial charge is 0.270 e. The van der Waals surface area contributed by atoms with Crippen LogP contribution in [0.1, 0.15) is 23.6 Å². The molecule has 0 aliphatic carbocycles. The second kappa shape index (κ2) is 10.3. The molecule has 146 valence electrons. The van der Waals surface area contributed by atoms with Gasteiger partial charge in [-0.2, -0.15) is 5.26 Å². The van der Waals surface area contributed by atoms with Crippen molar-refractivity contribution in [3.05, 3.63) is 75.9 Å². The van der Waals surface area contributed by atoms with Crippen molar-refractivity contribution in [3.63, 3.8) is 0 Å². The number of hydrogen-bond donors (Lipinski definition) is 0. The number of hydrogen-bond acceptors (Lipinski definition) is 5. The van der Waals surface area contributed by atoms with Crippen molar-refractivity contribution in [1.82, 2.24) is 0 Å². The van der Waals surface area contributed by atoms with E-state index >= 15 is 0 Å². The number of nitrogens with zero attached hydrogens (tertiary/aromatic N) is 2. The minimum absolute atomic E-state index is 0.0796. The minimum Gasteiger partial charge on any atom is -0.490 e. The van der Waals surface area contributed by atoms with Crippen molar-refractivity contribution in [2.75, 3.05) is 13.2 Å². The van der Waals surface area contributed by atoms with Crippen LogP contribution in [0.15, 0.2) is 49.1 Å². The number of ether oxygens (including phenoxy) is 2. The Balaban J connectivity index is 2.58. The largest absolute Gasteiger partial charge is 0.490 e. The van der Waals surface area contributed by atoms with E-state index in [0.717, 1.165) is 5.56 Å². The molecule has 2 aromatic rings. The Labute approximate surface area is 169 Å². The number of terminal acetylenes is 1. The van der Waals surface area contributed by atoms with Gasteiger partial charge in [0, 0.05) is 17.7 Å². The molecule has 0 amide bonds. The van der Waals surface area contributed by atoms with Crippen LogP contribution < -0.4 is 9.47 Å². The van der Waals surface area contributed by atoms with Crippen molar-refractivity contribution in [1.29, 1.82) is 5.26 Å². The summed E-state index contributed by atoms with van der Waals surface area (Å²) in [4.78, 5) is 10.5. The zero-order valence-corrected chi connectivity index (χ0v) is 16.1. The van der Waals surface area contributed by atoms with Gasteiger partial charge in [-0.1, -0.05) is 24.1 Å². The van der Waals surface area contributed by atoms with Gasteiger partial charge in [-0.15, -0.1) is 13.0 Å². The Hall–Kier alpha value is -4.03. The maximum absolute atomic E-state index is 11.0. The first-order valence-corrected chi connectivity index (χ1v) is 8.87. The van der Waals surface area contributed by atoms with E-state index in [4.69, 9.17) is 15.9 Å². The zero-order valence-electron chi connectivity index (χ0n) is 16.1. The molecule has 0 aliphatic heterocycles. The minimum atomic E-state index is -0.495. The predicted octanol–water partition coefficient (Wildman–Crippen LogP) is 4.80. The number of non-ortho nitro benzene ring substituents is 1. The monoisotopic (exact) mass is 388 g/mol. The average molecular weight is 388 g/mol. The van der Waals surface area contributed by atoms with Gasteiger partial charge in [0.2, 0.25) is 0 Å². The summed E-state index contributed by atoms with van der Waals surface area (Å²) in [6.07, 6.45) is 9.20. The summed E-state index contributed by atoms with van der Waals surface area (Å²) < 4.78 is 11.4. The van der Waals surface area contributed by atoms with E-state index in [1.54, 1.807) is 30.4 Å². The Bertz CT molecular complexity index is 1030. The first-order chi connectivity index (χ1) is 14.0. The summed E-state index contributed by atoms with van der Waals surface area (Å²) >= 11 is 0. The van der Waals surface area contributed by atoms with Crippen LogP contribution >= 0.6 is 0 Å². The van der Waals surface area contributed by atoms with Gasteiger partial charge in [-0.3, -0.25) is 10.1 Å². The van der Waals surface area contributed by atoms with Gasteiger partial charge in [0.05, 0.1) is 23.2 Å². The van der Waals surface area contributed by atoms with Gasteiger partial charge < -0.3 is 9.47 Å². The number of allylic oxidation sites excluding steroid dienone is 2. The quantitative estimate of drug-likeness (QED) is 0.154. The molecular formula is C23H20N2O4. The van der Waals surface area contributed by atoms with E-state index in [9.17, 15) is 15.4 Å². The molecular weight excluding hydrogens is 368 g/mol. The van der Waals surface area contributed by atoms with Crippen molar-refractivity contribution >= 4 is 17.3 Å². The molecule has 0 atom stereocenters. The molecule has 0 spiro atoms. The number of nitriles is 1. The molecule has 2 rings (SSSR count). The van der Waals surface area contributed by atoms with E-state index in [1.165, 1.54) is 12.1 Å². The molecule has 0 saturated heterocycles. The summed E-state index contributed by atoms with van der Waals surface area (Å²) in [5.41, 5.74) is 2.17. The van der Waals surface area contributed by atoms with Crippen LogP contribution in [0.4, 0.5) is 5.69 Å². The highest BCUT2D eigenvalue weighted by molar-refractivity contribution is 5.90. The van der Waals surface area contributed by atoms with Crippen LogP contribution in [-0.4, -0.2) is 18.1 Å². The third-order valence-corrected chi connectivity index (χ3v) is 3.92. The highest BCUT2D eigenvalue weighted by Gasteiger charge is 2.14. The van der Waals surface area contributed by atoms with E-state index in [0.29, 0.717) is 35.7 Å². The van der Waals surface area contributed by atoms with Gasteiger partial charge in [0.15, 0.2) is 11.5 Å². The summed E-state index contributed by atoms with van der Waals surface area (Å²) in [6.45, 7) is 6.13. The lowest BCUT2D eigenvalue weighted by Crippen LogP contribution is -2.03. The molecule has 6 nitrogen and oxygen atoms in total. The molecule has 6 heteroatoms. The number of nitro benzene ring substituents is 1. The Morgan fingerprint density at radius 1 is 1.34 bits per heavy atom. The van der Waals surface area contributed by atoms with E-state index in [2.05, 4.69) is 18.6 Å². The second-order valence-electron chi connectivity index (χ2n) is 5.90. The van der Waals surface area contributed by atoms with Crippen molar-refractivity contribution in [2.24, 2.45) is 0 Å². The normalized spacial score (nSPS) is 10.5. The molecule has 0 saturated carbocycles. The summed E-state index contributed by atoms with van der Waals surface area (Å²) in [5, 5.41) is 20.6. The summed E-state index contributed by atoms with van der Waals surface area (Å²) in [7, 11) is 0. The van der Waals surface area contributed by atoms with Crippen LogP contribution in [0.25, 0.3) is 11.6 Å². The lowest BCUT2D eigenvalue weighted by Gasteiger charge is -2.15. The Kier molecular flexibility index (Phi) is 7.59. The van der Waals surface area contributed by atoms with Crippen molar-refractivity contribution < 1.29 is 14.4 Å². The van der Waals surface area contributed by atoms with E-state index < -0.39 is 4.92 Å². The maximum atomic E-state index is 11.0. The topological polar surface area (TPSA) is 85.4 Å². The highest BCUT2D eigenvalue weighted by atomic mass is 16.6. The lowest BCUT2D eigenvalue weighted by atomic mass is 10.0. The maximum Gasteiger partial charge on any atom is 0.270 e. The molecule has 0 N–H and O–H groups in total. The number of rotatable bonds is 9. The number of benzene rings is 2. The molecule has 0 aliphatic rings. The fourth-order valence-corrected chi connectivity index (χ4v) is 2.75. The molecule has 0 aromatic heterocycles. The fourth-order valence-electron chi connectivity index (χ4n) is 2.75. The van der Waals surface area contributed by atoms with Crippen LogP contribution in [0.5, 0.6) is 11.5 Å². The summed E-state index contributed by atoms with van der Waals surface area (Å²) in [6, 6.07) is 11.7. The Morgan fingerprint density at radius 3 is 2.76 bits per heavy atom. The molecule has 0 radical (unpaired) electrons. The number of nitro groups is 1. The van der Waals surface area contributed by atoms with Crippen LogP contribution in [0.2, 0.25) is 0 Å². The molecule has 0 bridgehead atoms. The Morgan fingerprint density at radius 2 is 2.14 bits per heavy atom. The second-order valence-corrected chi connectivity index (χ2v) is 5.90. The average Bonchev–Trinajstić information content (AvgIpc) is 2.72. The summed E-state index contributed by atoms with van der Waals surface area (Å²) in [5.74, 6) is 3.48. The van der Waals surface area contributed by atoms with Crippen LogP contribution in [-0.2, 0) is 6.42 Å². The van der Waals surface area contributed by atoms with Crippen LogP contribution in [0, 0.1) is 33.8 Å². The van der Waals surface area contributed by atoms with Crippen molar-refractivity contribution in [2.45, 2.75) is 13.3 Å². The lowest BCUT2D eigenvalue weighted by molar-refractivity contribution is -0.384. The van der Waals surface area contributed by atoms with Gasteiger partial charge in [-0.25, -0.2) is 0 Å². The first-order valence-electron chi connectivity index (χ1n) is 8.87. The van der Waals surface area contributed by atoms with Gasteiger partial charge in [0.25, 0.3) is 5.69 Å². The van der Waals surface area contributed by atoms with E-state index in [-0.39, 0.29) is 17.9 Å². The molecule has 0 fully saturated rings. The molecule has 29 heavy (non-hydrogen) atoms. The standard InChI is InChI=1S/C23H20N2O4/c1-4-8-19-12-17(14-22(28-6-3)23(19)29-11-5-2)13-20(16-24)18-9-7-10-21(15-18)25(26)27/h2,4,7,9-10,12-15H,1,6,8,11H2,3H3. The third-order valence-electron chi connectivity index (χ3n) is 3.92. The third kappa shape index (κ3) is 5.47. The van der Waals surface area contributed by atoms with E-state index in [1.807, 2.05) is 13.0 Å². The predicted molar refractivity (Wildman–Crippen MR) is 112 cm³/mol. The van der Waals surface area contributed by atoms with Crippen LogP contribution in [0.3, 0.4) is 0 Å². The molecule has 2 aromatic carbocycles. The molecule has 0 heterocycles. The zero-order chi connectivity index (χ0) is 21.2. The SMILES string of the molecule is C#CCOc1c(CC=C)cc(C=C(C#N)c2cccc([N+](=O)[O-])c2)cc1OCC. The first kappa shape index (κ1) is 21.3. The van der Waals surface area contributed by atoms with Crippen molar-refractivity contribution in [3.8, 4) is 29.9 Å². The van der Waals surface area contributed by atoms with Gasteiger partial charge in [-0.05, 0) is 42.7 Å². The fraction of sp³-hybridized carbons (Fsp3) is 0.174. The highest BCUT2D eigenvalue weighted by Crippen LogP contribution is 2.35. The molecule has 0 unspecified atom stereocenters.